The molecule has 0 spiro atoms. The quantitative estimate of drug-likeness (QED) is 0.826. The van der Waals surface area contributed by atoms with Gasteiger partial charge in [-0.05, 0) is 44.2 Å². The first-order chi connectivity index (χ1) is 14.1. The Bertz CT molecular complexity index is 1040. The summed E-state index contributed by atoms with van der Waals surface area (Å²) in [6.45, 7) is 6.12. The van der Waals surface area contributed by atoms with E-state index < -0.39 is 0 Å². The topological polar surface area (TPSA) is 84.3 Å². The number of pyridine rings is 1. The van der Waals surface area contributed by atoms with Gasteiger partial charge in [-0.1, -0.05) is 6.08 Å². The number of nitrogens with zero attached hydrogens (tertiary/aromatic N) is 4. The van der Waals surface area contributed by atoms with Crippen molar-refractivity contribution in [3.63, 3.8) is 0 Å². The minimum Gasteiger partial charge on any atom is -0.383 e. The van der Waals surface area contributed by atoms with Crippen molar-refractivity contribution in [2.24, 2.45) is 0 Å². The Hall–Kier alpha value is -3.53. The molecular formula is C22H24N6O. The minimum absolute atomic E-state index is 0.0879. The van der Waals surface area contributed by atoms with Crippen LogP contribution in [0.2, 0.25) is 0 Å². The SMILES string of the molecule is CC1C=CC(NC(=O)N2CCN(c3ccc(C#N)c4ncccc34)C(C)C2)=CN1. The lowest BCUT2D eigenvalue weighted by atomic mass is 10.1. The number of dihydropyridines is 1. The zero-order chi connectivity index (χ0) is 20.4. The van der Waals surface area contributed by atoms with Crippen molar-refractivity contribution in [3.05, 3.63) is 60.1 Å². The number of allylic oxidation sites excluding steroid dienone is 1. The van der Waals surface area contributed by atoms with E-state index >= 15 is 0 Å². The average Bonchev–Trinajstić information content (AvgIpc) is 2.74. The summed E-state index contributed by atoms with van der Waals surface area (Å²) >= 11 is 0. The van der Waals surface area contributed by atoms with Gasteiger partial charge in [0.2, 0.25) is 0 Å². The first-order valence-corrected chi connectivity index (χ1v) is 9.81. The Morgan fingerprint density at radius 1 is 1.31 bits per heavy atom. The Labute approximate surface area is 170 Å². The third-order valence-electron chi connectivity index (χ3n) is 5.41. The predicted octanol–water partition coefficient (Wildman–Crippen LogP) is 2.72. The molecule has 0 bridgehead atoms. The fourth-order valence-electron chi connectivity index (χ4n) is 3.85. The number of amides is 2. The van der Waals surface area contributed by atoms with Crippen LogP contribution in [0.25, 0.3) is 10.9 Å². The van der Waals surface area contributed by atoms with E-state index in [0.29, 0.717) is 25.2 Å². The highest BCUT2D eigenvalue weighted by atomic mass is 16.2. The van der Waals surface area contributed by atoms with Gasteiger partial charge in [0, 0.05) is 55.2 Å². The summed E-state index contributed by atoms with van der Waals surface area (Å²) < 4.78 is 0. The van der Waals surface area contributed by atoms with E-state index in [2.05, 4.69) is 40.4 Å². The van der Waals surface area contributed by atoms with E-state index in [1.807, 2.05) is 47.5 Å². The van der Waals surface area contributed by atoms with Gasteiger partial charge in [-0.25, -0.2) is 4.79 Å². The molecule has 0 aliphatic carbocycles. The van der Waals surface area contributed by atoms with Crippen LogP contribution >= 0.6 is 0 Å². The van der Waals surface area contributed by atoms with Crippen LogP contribution in [0.1, 0.15) is 19.4 Å². The van der Waals surface area contributed by atoms with Crippen molar-refractivity contribution in [2.45, 2.75) is 25.9 Å². The zero-order valence-electron chi connectivity index (χ0n) is 16.6. The first-order valence-electron chi connectivity index (χ1n) is 9.81. The number of carbonyl (C=O) groups is 1. The summed E-state index contributed by atoms with van der Waals surface area (Å²) in [7, 11) is 0. The molecule has 148 valence electrons. The molecule has 7 heteroatoms. The summed E-state index contributed by atoms with van der Waals surface area (Å²) in [5, 5.41) is 16.5. The number of anilines is 1. The number of hydrogen-bond acceptors (Lipinski definition) is 5. The molecule has 3 heterocycles. The third kappa shape index (κ3) is 3.74. The number of urea groups is 1. The molecule has 0 saturated carbocycles. The average molecular weight is 388 g/mol. The van der Waals surface area contributed by atoms with Gasteiger partial charge in [0.1, 0.15) is 6.07 Å². The number of benzene rings is 1. The van der Waals surface area contributed by atoms with E-state index in [1.165, 1.54) is 0 Å². The molecule has 2 aliphatic rings. The summed E-state index contributed by atoms with van der Waals surface area (Å²) in [4.78, 5) is 21.2. The van der Waals surface area contributed by atoms with Crippen LogP contribution in [0.3, 0.4) is 0 Å². The van der Waals surface area contributed by atoms with Crippen LogP contribution in [0.15, 0.2) is 54.5 Å². The van der Waals surface area contributed by atoms with Crippen LogP contribution in [-0.2, 0) is 0 Å². The highest BCUT2D eigenvalue weighted by molar-refractivity contribution is 5.95. The standard InChI is InChI=1S/C22H24N6O/c1-15-5-7-18(13-25-15)26-22(29)27-10-11-28(16(2)14-27)20-8-6-17(12-23)21-19(20)4-3-9-24-21/h3-9,13,15-16,25H,10-11,14H2,1-2H3,(H,26,29). The second-order valence-electron chi connectivity index (χ2n) is 7.48. The number of piperazine rings is 1. The molecule has 2 aromatic rings. The predicted molar refractivity (Wildman–Crippen MR) is 113 cm³/mol. The molecule has 2 aliphatic heterocycles. The van der Waals surface area contributed by atoms with Gasteiger partial charge in [-0.3, -0.25) is 4.98 Å². The lowest BCUT2D eigenvalue weighted by Crippen LogP contribution is -2.56. The van der Waals surface area contributed by atoms with Crippen LogP contribution in [0.5, 0.6) is 0 Å². The molecule has 2 amide bonds. The molecule has 1 saturated heterocycles. The fraction of sp³-hybridized carbons (Fsp3) is 0.318. The van der Waals surface area contributed by atoms with Gasteiger partial charge in [-0.15, -0.1) is 0 Å². The molecule has 0 radical (unpaired) electrons. The van der Waals surface area contributed by atoms with Crippen molar-refractivity contribution < 1.29 is 4.79 Å². The highest BCUT2D eigenvalue weighted by Crippen LogP contribution is 2.30. The van der Waals surface area contributed by atoms with Crippen molar-refractivity contribution in [3.8, 4) is 6.07 Å². The molecule has 1 fully saturated rings. The zero-order valence-corrected chi connectivity index (χ0v) is 16.6. The van der Waals surface area contributed by atoms with Gasteiger partial charge in [-0.2, -0.15) is 5.26 Å². The Morgan fingerprint density at radius 3 is 2.90 bits per heavy atom. The molecule has 4 rings (SSSR count). The van der Waals surface area contributed by atoms with Gasteiger partial charge >= 0.3 is 6.03 Å². The summed E-state index contributed by atoms with van der Waals surface area (Å²) in [6, 6.07) is 10.2. The van der Waals surface area contributed by atoms with Crippen molar-refractivity contribution in [2.75, 3.05) is 24.5 Å². The van der Waals surface area contributed by atoms with Crippen LogP contribution in [0.4, 0.5) is 10.5 Å². The van der Waals surface area contributed by atoms with Crippen molar-refractivity contribution >= 4 is 22.6 Å². The van der Waals surface area contributed by atoms with Crippen LogP contribution in [0, 0.1) is 11.3 Å². The van der Waals surface area contributed by atoms with E-state index in [0.717, 1.165) is 22.3 Å². The van der Waals surface area contributed by atoms with Crippen molar-refractivity contribution in [1.29, 1.82) is 5.26 Å². The second kappa shape index (κ2) is 7.84. The van der Waals surface area contributed by atoms with Crippen LogP contribution in [-0.4, -0.2) is 47.6 Å². The molecule has 2 atom stereocenters. The Morgan fingerprint density at radius 2 is 2.17 bits per heavy atom. The molecule has 2 unspecified atom stereocenters. The maximum absolute atomic E-state index is 12.7. The number of nitriles is 1. The monoisotopic (exact) mass is 388 g/mol. The van der Waals surface area contributed by atoms with E-state index in [4.69, 9.17) is 0 Å². The number of fused-ring (bicyclic) bond motifs is 1. The smallest absolute Gasteiger partial charge is 0.322 e. The van der Waals surface area contributed by atoms with E-state index in [1.54, 1.807) is 6.20 Å². The first kappa shape index (κ1) is 18.8. The number of rotatable bonds is 2. The normalized spacial score (nSPS) is 21.3. The highest BCUT2D eigenvalue weighted by Gasteiger charge is 2.28. The molecule has 29 heavy (non-hydrogen) atoms. The van der Waals surface area contributed by atoms with Crippen molar-refractivity contribution in [1.82, 2.24) is 20.5 Å². The maximum atomic E-state index is 12.7. The van der Waals surface area contributed by atoms with Gasteiger partial charge < -0.3 is 20.4 Å². The lowest BCUT2D eigenvalue weighted by Gasteiger charge is -2.41. The van der Waals surface area contributed by atoms with Crippen LogP contribution < -0.4 is 15.5 Å². The Kier molecular flexibility index (Phi) is 5.09. The minimum atomic E-state index is -0.0879. The lowest BCUT2D eigenvalue weighted by molar-refractivity contribution is 0.189. The Balaban J connectivity index is 1.49. The molecular weight excluding hydrogens is 364 g/mol. The second-order valence-corrected chi connectivity index (χ2v) is 7.48. The largest absolute Gasteiger partial charge is 0.383 e. The maximum Gasteiger partial charge on any atom is 0.322 e. The van der Waals surface area contributed by atoms with E-state index in [-0.39, 0.29) is 18.1 Å². The molecule has 7 nitrogen and oxygen atoms in total. The molecule has 1 aromatic carbocycles. The molecule has 2 N–H and O–H groups in total. The third-order valence-corrected chi connectivity index (χ3v) is 5.41. The summed E-state index contributed by atoms with van der Waals surface area (Å²) in [5.74, 6) is 0. The van der Waals surface area contributed by atoms with Gasteiger partial charge in [0.05, 0.1) is 16.8 Å². The van der Waals surface area contributed by atoms with E-state index in [9.17, 15) is 10.1 Å². The number of aromatic nitrogens is 1. The van der Waals surface area contributed by atoms with Gasteiger partial charge in [0.15, 0.2) is 0 Å². The summed E-state index contributed by atoms with van der Waals surface area (Å²) in [5.41, 5.74) is 3.12. The summed E-state index contributed by atoms with van der Waals surface area (Å²) in [6.07, 6.45) is 7.48. The van der Waals surface area contributed by atoms with Gasteiger partial charge in [0.25, 0.3) is 0 Å². The number of carbonyl (C=O) groups excluding carboxylic acids is 1. The number of hydrogen-bond donors (Lipinski definition) is 2. The molecule has 1 aromatic heterocycles. The number of nitrogens with one attached hydrogen (secondary N) is 2. The fourth-order valence-corrected chi connectivity index (χ4v) is 3.85.